The molecule has 0 spiro atoms. The Bertz CT molecular complexity index is 361. The molecule has 2 heteroatoms. The van der Waals surface area contributed by atoms with Gasteiger partial charge in [-0.05, 0) is 22.7 Å². The molecule has 0 N–H and O–H groups in total. The van der Waals surface area contributed by atoms with E-state index in [0.717, 1.165) is 5.02 Å². The second kappa shape index (κ2) is 3.95. The Morgan fingerprint density at radius 2 is 1.67 bits per heavy atom. The molecule has 0 bridgehead atoms. The highest BCUT2D eigenvalue weighted by molar-refractivity contribution is 6.93. The fourth-order valence-corrected chi connectivity index (χ4v) is 4.44. The van der Waals surface area contributed by atoms with Crippen molar-refractivity contribution >= 4 is 24.9 Å². The lowest BCUT2D eigenvalue weighted by atomic mass is 10.2. The fraction of sp³-hybridized carbons (Fsp3) is 0.538. The summed E-state index contributed by atoms with van der Waals surface area (Å²) in [6.07, 6.45) is 0. The van der Waals surface area contributed by atoms with Crippen molar-refractivity contribution < 1.29 is 0 Å². The van der Waals surface area contributed by atoms with Crippen LogP contribution in [-0.2, 0) is 0 Å². The lowest BCUT2D eigenvalue weighted by molar-refractivity contribution is 0.729. The first-order valence-electron chi connectivity index (χ1n) is 5.43. The van der Waals surface area contributed by atoms with Crippen molar-refractivity contribution in [2.45, 2.75) is 45.8 Å². The largest absolute Gasteiger partial charge is 0.0878 e. The molecule has 1 aromatic carbocycles. The van der Waals surface area contributed by atoms with Crippen molar-refractivity contribution in [2.24, 2.45) is 0 Å². The highest BCUT2D eigenvalue weighted by Gasteiger charge is 2.38. The third-order valence-electron chi connectivity index (χ3n) is 3.74. The van der Waals surface area contributed by atoms with E-state index < -0.39 is 8.07 Å². The van der Waals surface area contributed by atoms with Crippen LogP contribution in [0, 0.1) is 6.92 Å². The first-order valence-corrected chi connectivity index (χ1v) is 8.81. The monoisotopic (exact) mass is 240 g/mol. The number of hydrogen-bond acceptors (Lipinski definition) is 0. The fourth-order valence-electron chi connectivity index (χ4n) is 1.53. The van der Waals surface area contributed by atoms with Gasteiger partial charge in [-0.3, -0.25) is 0 Å². The van der Waals surface area contributed by atoms with Gasteiger partial charge in [0.1, 0.15) is 0 Å². The lowest BCUT2D eigenvalue weighted by Crippen LogP contribution is -2.50. The molecule has 0 aromatic heterocycles. The zero-order valence-electron chi connectivity index (χ0n) is 10.6. The van der Waals surface area contributed by atoms with E-state index in [9.17, 15) is 0 Å². The third kappa shape index (κ3) is 2.29. The lowest BCUT2D eigenvalue weighted by Gasteiger charge is -2.38. The molecular formula is C13H21ClSi. The molecule has 0 aliphatic rings. The molecular weight excluding hydrogens is 220 g/mol. The van der Waals surface area contributed by atoms with Crippen molar-refractivity contribution in [3.8, 4) is 0 Å². The standard InChI is InChI=1S/C13H21ClSi/c1-10-8-7-9-11(12(10)14)15(5,6)13(2,3)4/h7-9H,1-6H3. The third-order valence-corrected chi connectivity index (χ3v) is 9.91. The molecule has 0 nitrogen and oxygen atoms in total. The number of halogens is 1. The molecule has 0 aliphatic carbocycles. The molecule has 0 unspecified atom stereocenters. The quantitative estimate of drug-likeness (QED) is 0.640. The van der Waals surface area contributed by atoms with Crippen LogP contribution in [0.5, 0.6) is 0 Å². The van der Waals surface area contributed by atoms with Crippen molar-refractivity contribution in [2.75, 3.05) is 0 Å². The molecule has 84 valence electrons. The number of aryl methyl sites for hydroxylation is 1. The smallest absolute Gasteiger partial charge is 0.0842 e. The number of rotatable bonds is 1. The van der Waals surface area contributed by atoms with Crippen LogP contribution in [0.15, 0.2) is 18.2 Å². The Morgan fingerprint density at radius 3 is 2.13 bits per heavy atom. The van der Waals surface area contributed by atoms with Gasteiger partial charge in [0.25, 0.3) is 0 Å². The van der Waals surface area contributed by atoms with Crippen molar-refractivity contribution in [3.05, 3.63) is 28.8 Å². The van der Waals surface area contributed by atoms with Gasteiger partial charge in [0.15, 0.2) is 0 Å². The average molecular weight is 241 g/mol. The maximum Gasteiger partial charge on any atom is 0.0878 e. The molecule has 1 rings (SSSR count). The highest BCUT2D eigenvalue weighted by atomic mass is 35.5. The molecule has 0 amide bonds. The van der Waals surface area contributed by atoms with Gasteiger partial charge in [-0.25, -0.2) is 0 Å². The summed E-state index contributed by atoms with van der Waals surface area (Å²) < 4.78 is 0. The Morgan fingerprint density at radius 1 is 1.13 bits per heavy atom. The van der Waals surface area contributed by atoms with Crippen LogP contribution in [0.1, 0.15) is 26.3 Å². The van der Waals surface area contributed by atoms with E-state index in [0.29, 0.717) is 5.04 Å². The summed E-state index contributed by atoms with van der Waals surface area (Å²) in [5, 5.41) is 2.70. The molecule has 0 saturated carbocycles. The summed E-state index contributed by atoms with van der Waals surface area (Å²) in [4.78, 5) is 0. The Balaban J connectivity index is 3.34. The van der Waals surface area contributed by atoms with Gasteiger partial charge in [-0.1, -0.05) is 63.7 Å². The van der Waals surface area contributed by atoms with E-state index in [1.807, 2.05) is 0 Å². The minimum atomic E-state index is -1.49. The summed E-state index contributed by atoms with van der Waals surface area (Å²) in [5.41, 5.74) is 1.19. The van der Waals surface area contributed by atoms with Crippen molar-refractivity contribution in [1.29, 1.82) is 0 Å². The van der Waals surface area contributed by atoms with E-state index in [1.54, 1.807) is 0 Å². The predicted molar refractivity (Wildman–Crippen MR) is 73.0 cm³/mol. The van der Waals surface area contributed by atoms with Gasteiger partial charge < -0.3 is 0 Å². The van der Waals surface area contributed by atoms with Crippen LogP contribution in [0.25, 0.3) is 0 Å². The van der Waals surface area contributed by atoms with E-state index in [2.05, 4.69) is 59.0 Å². The molecule has 0 aliphatic heterocycles. The van der Waals surface area contributed by atoms with Gasteiger partial charge in [0.2, 0.25) is 0 Å². The summed E-state index contributed by atoms with van der Waals surface area (Å²) in [6.45, 7) is 13.8. The van der Waals surface area contributed by atoms with E-state index in [-0.39, 0.29) is 0 Å². The Hall–Kier alpha value is -0.273. The maximum absolute atomic E-state index is 6.42. The summed E-state index contributed by atoms with van der Waals surface area (Å²) in [5.74, 6) is 0. The van der Waals surface area contributed by atoms with Crippen LogP contribution in [0.2, 0.25) is 23.2 Å². The minimum absolute atomic E-state index is 0.338. The van der Waals surface area contributed by atoms with Gasteiger partial charge in [-0.15, -0.1) is 0 Å². The average Bonchev–Trinajstić information content (AvgIpc) is 2.07. The highest BCUT2D eigenvalue weighted by Crippen LogP contribution is 2.37. The van der Waals surface area contributed by atoms with E-state index in [1.165, 1.54) is 10.8 Å². The predicted octanol–water partition coefficient (Wildman–Crippen LogP) is 4.36. The molecule has 15 heavy (non-hydrogen) atoms. The van der Waals surface area contributed by atoms with Crippen LogP contribution in [-0.4, -0.2) is 8.07 Å². The second-order valence-electron chi connectivity index (χ2n) is 5.81. The van der Waals surface area contributed by atoms with Gasteiger partial charge in [0.05, 0.1) is 8.07 Å². The SMILES string of the molecule is Cc1cccc([Si](C)(C)C(C)(C)C)c1Cl. The molecule has 0 heterocycles. The normalized spacial score (nSPS) is 13.0. The Kier molecular flexibility index (Phi) is 3.37. The summed E-state index contributed by atoms with van der Waals surface area (Å²) in [7, 11) is -1.49. The van der Waals surface area contributed by atoms with E-state index in [4.69, 9.17) is 11.6 Å². The van der Waals surface area contributed by atoms with Crippen molar-refractivity contribution in [3.63, 3.8) is 0 Å². The van der Waals surface area contributed by atoms with Gasteiger partial charge >= 0.3 is 0 Å². The topological polar surface area (TPSA) is 0 Å². The first kappa shape index (κ1) is 12.8. The summed E-state index contributed by atoms with van der Waals surface area (Å²) in [6, 6.07) is 6.41. The molecule has 0 radical (unpaired) electrons. The zero-order chi connectivity index (χ0) is 11.9. The van der Waals surface area contributed by atoms with Crippen LogP contribution < -0.4 is 5.19 Å². The van der Waals surface area contributed by atoms with Gasteiger partial charge in [-0.2, -0.15) is 0 Å². The maximum atomic E-state index is 6.42. The molecule has 1 aromatic rings. The van der Waals surface area contributed by atoms with Crippen molar-refractivity contribution in [1.82, 2.24) is 0 Å². The number of hydrogen-bond donors (Lipinski definition) is 0. The minimum Gasteiger partial charge on any atom is -0.0842 e. The van der Waals surface area contributed by atoms with Crippen LogP contribution in [0.3, 0.4) is 0 Å². The first-order chi connectivity index (χ1) is 6.68. The number of benzene rings is 1. The summed E-state index contributed by atoms with van der Waals surface area (Å²) >= 11 is 6.42. The van der Waals surface area contributed by atoms with Crippen LogP contribution >= 0.6 is 11.6 Å². The van der Waals surface area contributed by atoms with Gasteiger partial charge in [0, 0.05) is 5.02 Å². The molecule has 0 saturated heterocycles. The van der Waals surface area contributed by atoms with E-state index >= 15 is 0 Å². The molecule has 0 atom stereocenters. The van der Waals surface area contributed by atoms with Crippen LogP contribution in [0.4, 0.5) is 0 Å². The second-order valence-corrected chi connectivity index (χ2v) is 11.5. The zero-order valence-corrected chi connectivity index (χ0v) is 12.4. The Labute approximate surface area is 99.7 Å². The molecule has 0 fully saturated rings.